The van der Waals surface area contributed by atoms with Gasteiger partial charge in [0.25, 0.3) is 5.92 Å². The fourth-order valence-corrected chi connectivity index (χ4v) is 2.14. The number of nitrogens with two attached hydrogens (primary N) is 1. The summed E-state index contributed by atoms with van der Waals surface area (Å²) < 4.78 is 26.6. The van der Waals surface area contributed by atoms with E-state index in [4.69, 9.17) is 11.0 Å². The second kappa shape index (κ2) is 3.00. The molecule has 1 saturated carbocycles. The molecule has 0 aromatic heterocycles. The van der Waals surface area contributed by atoms with E-state index in [-0.39, 0.29) is 6.42 Å². The molecule has 78 valence electrons. The quantitative estimate of drug-likeness (QED) is 0.854. The summed E-state index contributed by atoms with van der Waals surface area (Å²) in [5.41, 5.74) is 4.60. The molecule has 0 saturated heterocycles. The Bertz CT molecular complexity index is 467. The van der Waals surface area contributed by atoms with Gasteiger partial charge in [-0.2, -0.15) is 5.26 Å². The first-order chi connectivity index (χ1) is 6.90. The van der Waals surface area contributed by atoms with Crippen LogP contribution in [0.4, 0.5) is 8.78 Å². The molecule has 5 heteroatoms. The zero-order valence-corrected chi connectivity index (χ0v) is 9.18. The van der Waals surface area contributed by atoms with Crippen molar-refractivity contribution >= 4 is 15.9 Å². The van der Waals surface area contributed by atoms with Gasteiger partial charge in [0.2, 0.25) is 0 Å². The molecule has 0 spiro atoms. The lowest BCUT2D eigenvalue weighted by molar-refractivity contribution is 0.0889. The van der Waals surface area contributed by atoms with E-state index in [1.165, 1.54) is 6.07 Å². The highest BCUT2D eigenvalue weighted by Gasteiger charge is 2.70. The SMILES string of the molecule is N#Cc1ccc(Br)c(C2(N)CC2(F)F)c1. The smallest absolute Gasteiger partial charge is 0.272 e. The van der Waals surface area contributed by atoms with E-state index in [2.05, 4.69) is 15.9 Å². The molecule has 0 heterocycles. The predicted molar refractivity (Wildman–Crippen MR) is 54.3 cm³/mol. The van der Waals surface area contributed by atoms with Crippen molar-refractivity contribution in [3.05, 3.63) is 33.8 Å². The summed E-state index contributed by atoms with van der Waals surface area (Å²) in [7, 11) is 0. The first kappa shape index (κ1) is 10.5. The van der Waals surface area contributed by atoms with Crippen molar-refractivity contribution in [3.63, 3.8) is 0 Å². The first-order valence-corrected chi connectivity index (χ1v) is 5.07. The van der Waals surface area contributed by atoms with Crippen LogP contribution in [0, 0.1) is 11.3 Å². The van der Waals surface area contributed by atoms with E-state index < -0.39 is 11.5 Å². The number of hydrogen-bond acceptors (Lipinski definition) is 2. The van der Waals surface area contributed by atoms with Crippen LogP contribution in [0.15, 0.2) is 22.7 Å². The Hall–Kier alpha value is -0.990. The minimum absolute atomic E-state index is 0.298. The monoisotopic (exact) mass is 272 g/mol. The van der Waals surface area contributed by atoms with Gasteiger partial charge in [-0.3, -0.25) is 0 Å². The molecular formula is C10H7BrF2N2. The molecule has 1 fully saturated rings. The molecule has 1 unspecified atom stereocenters. The van der Waals surface area contributed by atoms with Crippen LogP contribution < -0.4 is 5.73 Å². The van der Waals surface area contributed by atoms with Crippen LogP contribution >= 0.6 is 15.9 Å². The number of alkyl halides is 2. The fraction of sp³-hybridized carbons (Fsp3) is 0.300. The van der Waals surface area contributed by atoms with Gasteiger partial charge in [-0.25, -0.2) is 8.78 Å². The molecule has 1 aromatic rings. The van der Waals surface area contributed by atoms with Crippen LogP contribution in [0.5, 0.6) is 0 Å². The third-order valence-corrected chi connectivity index (χ3v) is 3.30. The number of rotatable bonds is 1. The zero-order chi connectivity index (χ0) is 11.3. The maximum atomic E-state index is 13.1. The van der Waals surface area contributed by atoms with E-state index >= 15 is 0 Å². The van der Waals surface area contributed by atoms with Gasteiger partial charge in [0, 0.05) is 10.9 Å². The molecule has 0 aliphatic heterocycles. The van der Waals surface area contributed by atoms with Crippen molar-refractivity contribution in [2.45, 2.75) is 17.9 Å². The van der Waals surface area contributed by atoms with Gasteiger partial charge in [0.1, 0.15) is 5.54 Å². The van der Waals surface area contributed by atoms with Gasteiger partial charge in [-0.1, -0.05) is 15.9 Å². The van der Waals surface area contributed by atoms with Crippen LogP contribution in [-0.4, -0.2) is 5.92 Å². The fourth-order valence-electron chi connectivity index (χ4n) is 1.53. The lowest BCUT2D eigenvalue weighted by Crippen LogP contribution is -2.27. The molecule has 2 N–H and O–H groups in total. The normalized spacial score (nSPS) is 27.1. The lowest BCUT2D eigenvalue weighted by atomic mass is 10.0. The Morgan fingerprint density at radius 1 is 1.47 bits per heavy atom. The predicted octanol–water partition coefficient (Wildman–Crippen LogP) is 2.51. The van der Waals surface area contributed by atoms with Crippen molar-refractivity contribution in [3.8, 4) is 6.07 Å². The van der Waals surface area contributed by atoms with E-state index in [0.717, 1.165) is 0 Å². The summed E-state index contributed by atoms with van der Waals surface area (Å²) in [5.74, 6) is -2.87. The van der Waals surface area contributed by atoms with Crippen molar-refractivity contribution in [2.24, 2.45) is 5.73 Å². The minimum atomic E-state index is -2.87. The molecule has 0 bridgehead atoms. The van der Waals surface area contributed by atoms with Crippen LogP contribution in [0.25, 0.3) is 0 Å². The van der Waals surface area contributed by atoms with Crippen LogP contribution in [0.1, 0.15) is 17.5 Å². The van der Waals surface area contributed by atoms with Gasteiger partial charge in [-0.05, 0) is 23.8 Å². The molecule has 1 aromatic carbocycles. The van der Waals surface area contributed by atoms with Crippen LogP contribution in [0.2, 0.25) is 0 Å². The summed E-state index contributed by atoms with van der Waals surface area (Å²) in [6.07, 6.45) is -0.368. The summed E-state index contributed by atoms with van der Waals surface area (Å²) in [5, 5.41) is 8.68. The number of hydrogen-bond donors (Lipinski definition) is 1. The van der Waals surface area contributed by atoms with Crippen molar-refractivity contribution in [2.75, 3.05) is 0 Å². The van der Waals surface area contributed by atoms with Gasteiger partial charge >= 0.3 is 0 Å². The van der Waals surface area contributed by atoms with Crippen molar-refractivity contribution < 1.29 is 8.78 Å². The number of halogens is 3. The third kappa shape index (κ3) is 1.45. The van der Waals surface area contributed by atoms with Gasteiger partial charge in [-0.15, -0.1) is 0 Å². The molecule has 15 heavy (non-hydrogen) atoms. The average molecular weight is 273 g/mol. The average Bonchev–Trinajstić information content (AvgIpc) is 2.68. The first-order valence-electron chi connectivity index (χ1n) is 4.27. The van der Waals surface area contributed by atoms with E-state index in [1.54, 1.807) is 12.1 Å². The van der Waals surface area contributed by atoms with Crippen molar-refractivity contribution in [1.29, 1.82) is 5.26 Å². The molecular weight excluding hydrogens is 266 g/mol. The highest BCUT2D eigenvalue weighted by Crippen LogP contribution is 2.58. The molecule has 1 aliphatic carbocycles. The largest absolute Gasteiger partial charge is 0.316 e. The van der Waals surface area contributed by atoms with Crippen LogP contribution in [-0.2, 0) is 5.54 Å². The Morgan fingerprint density at radius 2 is 2.07 bits per heavy atom. The van der Waals surface area contributed by atoms with E-state index in [1.807, 2.05) is 6.07 Å². The van der Waals surface area contributed by atoms with Gasteiger partial charge < -0.3 is 5.73 Å². The number of nitrogens with zero attached hydrogens (tertiary/aromatic N) is 1. The molecule has 0 amide bonds. The maximum absolute atomic E-state index is 13.1. The highest BCUT2D eigenvalue weighted by atomic mass is 79.9. The molecule has 2 nitrogen and oxygen atoms in total. The van der Waals surface area contributed by atoms with Crippen molar-refractivity contribution in [1.82, 2.24) is 0 Å². The summed E-state index contributed by atoms with van der Waals surface area (Å²) in [4.78, 5) is 0. The third-order valence-electron chi connectivity index (χ3n) is 2.60. The van der Waals surface area contributed by atoms with Gasteiger partial charge in [0.15, 0.2) is 0 Å². The zero-order valence-electron chi connectivity index (χ0n) is 7.60. The van der Waals surface area contributed by atoms with E-state index in [9.17, 15) is 8.78 Å². The molecule has 1 atom stereocenters. The topological polar surface area (TPSA) is 49.8 Å². The second-order valence-electron chi connectivity index (χ2n) is 3.66. The second-order valence-corrected chi connectivity index (χ2v) is 4.51. The lowest BCUT2D eigenvalue weighted by Gasteiger charge is -2.13. The Morgan fingerprint density at radius 3 is 2.53 bits per heavy atom. The Labute approximate surface area is 93.8 Å². The molecule has 0 radical (unpaired) electrons. The number of benzene rings is 1. The summed E-state index contributed by atoms with van der Waals surface area (Å²) >= 11 is 3.16. The Balaban J connectivity index is 2.51. The summed E-state index contributed by atoms with van der Waals surface area (Å²) in [6, 6.07) is 6.43. The van der Waals surface area contributed by atoms with Crippen LogP contribution in [0.3, 0.4) is 0 Å². The van der Waals surface area contributed by atoms with E-state index in [0.29, 0.717) is 15.6 Å². The minimum Gasteiger partial charge on any atom is -0.316 e. The number of nitriles is 1. The Kier molecular flexibility index (Phi) is 2.11. The maximum Gasteiger partial charge on any atom is 0.272 e. The van der Waals surface area contributed by atoms with Gasteiger partial charge in [0.05, 0.1) is 11.6 Å². The highest BCUT2D eigenvalue weighted by molar-refractivity contribution is 9.10. The molecule has 2 rings (SSSR count). The standard InChI is InChI=1S/C10H7BrF2N2/c11-8-2-1-6(4-14)3-7(8)9(15)5-10(9,12)13/h1-3H,5,15H2. The molecule has 1 aliphatic rings. The summed E-state index contributed by atoms with van der Waals surface area (Å²) in [6.45, 7) is 0.